The van der Waals surface area contributed by atoms with E-state index in [9.17, 15) is 13.2 Å². The number of amides is 1. The highest BCUT2D eigenvalue weighted by Crippen LogP contribution is 2.23. The highest BCUT2D eigenvalue weighted by molar-refractivity contribution is 7.89. The summed E-state index contributed by atoms with van der Waals surface area (Å²) in [5, 5.41) is 0. The zero-order chi connectivity index (χ0) is 20.0. The first kappa shape index (κ1) is 21.0. The standard InChI is InChI=1S/C21H30N2O4S/c1-2-16-27-17-18-10-14-22(15-11-18)21(24)19-6-8-20(9-7-19)28(25,26)23-12-4-3-5-13-23/h2,6-9,18H,1,3-5,10-17H2. The molecule has 2 fully saturated rings. The molecule has 0 N–H and O–H groups in total. The Balaban J connectivity index is 1.57. The van der Waals surface area contributed by atoms with Crippen LogP contribution in [-0.2, 0) is 14.8 Å². The minimum absolute atomic E-state index is 0.0348. The number of sulfonamides is 1. The van der Waals surface area contributed by atoms with Crippen LogP contribution in [-0.4, -0.2) is 62.9 Å². The molecule has 0 saturated carbocycles. The lowest BCUT2D eigenvalue weighted by atomic mass is 9.97. The van der Waals surface area contributed by atoms with Crippen LogP contribution in [0.5, 0.6) is 0 Å². The first-order valence-corrected chi connectivity index (χ1v) is 11.5. The molecule has 0 bridgehead atoms. The van der Waals surface area contributed by atoms with Gasteiger partial charge in [0.2, 0.25) is 10.0 Å². The van der Waals surface area contributed by atoms with Gasteiger partial charge < -0.3 is 9.64 Å². The molecule has 1 amide bonds. The smallest absolute Gasteiger partial charge is 0.253 e. The zero-order valence-corrected chi connectivity index (χ0v) is 17.2. The van der Waals surface area contributed by atoms with Crippen molar-refractivity contribution < 1.29 is 17.9 Å². The van der Waals surface area contributed by atoms with Gasteiger partial charge in [-0.05, 0) is 55.9 Å². The van der Waals surface area contributed by atoms with E-state index < -0.39 is 10.0 Å². The predicted octanol–water partition coefficient (Wildman–Crippen LogP) is 2.92. The van der Waals surface area contributed by atoms with Crippen LogP contribution in [0.2, 0.25) is 0 Å². The van der Waals surface area contributed by atoms with E-state index in [0.29, 0.717) is 50.9 Å². The average molecular weight is 407 g/mol. The number of nitrogens with zero attached hydrogens (tertiary/aromatic N) is 2. The van der Waals surface area contributed by atoms with Crippen LogP contribution in [0, 0.1) is 5.92 Å². The van der Waals surface area contributed by atoms with E-state index in [1.54, 1.807) is 34.6 Å². The second-order valence-electron chi connectivity index (χ2n) is 7.55. The van der Waals surface area contributed by atoms with E-state index in [0.717, 1.165) is 32.1 Å². The molecular weight excluding hydrogens is 376 g/mol. The number of rotatable bonds is 7. The molecule has 6 nitrogen and oxygen atoms in total. The number of carbonyl (C=O) groups excluding carboxylic acids is 1. The number of ether oxygens (including phenoxy) is 1. The normalized spacial score (nSPS) is 19.5. The molecule has 7 heteroatoms. The summed E-state index contributed by atoms with van der Waals surface area (Å²) in [4.78, 5) is 14.9. The van der Waals surface area contributed by atoms with E-state index in [2.05, 4.69) is 6.58 Å². The molecule has 1 aromatic rings. The lowest BCUT2D eigenvalue weighted by molar-refractivity contribution is 0.0575. The van der Waals surface area contributed by atoms with Crippen LogP contribution >= 0.6 is 0 Å². The molecule has 2 aliphatic heterocycles. The maximum atomic E-state index is 12.8. The van der Waals surface area contributed by atoms with Gasteiger partial charge in [0, 0.05) is 38.3 Å². The first-order valence-electron chi connectivity index (χ1n) is 10.1. The Kier molecular flexibility index (Phi) is 7.26. The van der Waals surface area contributed by atoms with Gasteiger partial charge in [-0.1, -0.05) is 12.5 Å². The Morgan fingerprint density at radius 2 is 1.71 bits per heavy atom. The fourth-order valence-corrected chi connectivity index (χ4v) is 5.34. The van der Waals surface area contributed by atoms with Crippen molar-refractivity contribution in [1.82, 2.24) is 9.21 Å². The topological polar surface area (TPSA) is 66.9 Å². The number of hydrogen-bond acceptors (Lipinski definition) is 4. The maximum Gasteiger partial charge on any atom is 0.253 e. The predicted molar refractivity (Wildman–Crippen MR) is 109 cm³/mol. The Morgan fingerprint density at radius 1 is 1.07 bits per heavy atom. The fourth-order valence-electron chi connectivity index (χ4n) is 3.83. The van der Waals surface area contributed by atoms with Crippen molar-refractivity contribution in [3.63, 3.8) is 0 Å². The van der Waals surface area contributed by atoms with Crippen molar-refractivity contribution in [3.05, 3.63) is 42.5 Å². The molecular formula is C21H30N2O4S. The first-order chi connectivity index (χ1) is 13.5. The van der Waals surface area contributed by atoms with E-state index in [1.807, 2.05) is 4.90 Å². The molecule has 0 unspecified atom stereocenters. The van der Waals surface area contributed by atoms with Crippen molar-refractivity contribution >= 4 is 15.9 Å². The van der Waals surface area contributed by atoms with Crippen LogP contribution in [0.4, 0.5) is 0 Å². The average Bonchev–Trinajstić information content (AvgIpc) is 2.75. The zero-order valence-electron chi connectivity index (χ0n) is 16.4. The van der Waals surface area contributed by atoms with Gasteiger partial charge in [0.1, 0.15) is 0 Å². The molecule has 2 saturated heterocycles. The summed E-state index contributed by atoms with van der Waals surface area (Å²) in [5.74, 6) is 0.438. The SMILES string of the molecule is C=CCOCC1CCN(C(=O)c2ccc(S(=O)(=O)N3CCCCC3)cc2)CC1. The quantitative estimate of drug-likeness (QED) is 0.516. The summed E-state index contributed by atoms with van der Waals surface area (Å²) >= 11 is 0. The van der Waals surface area contributed by atoms with Crippen LogP contribution in [0.25, 0.3) is 0 Å². The minimum Gasteiger partial charge on any atom is -0.377 e. The second kappa shape index (κ2) is 9.67. The molecule has 0 aromatic heterocycles. The molecule has 28 heavy (non-hydrogen) atoms. The summed E-state index contributed by atoms with van der Waals surface area (Å²) in [6.45, 7) is 7.47. The molecule has 0 aliphatic carbocycles. The molecule has 0 radical (unpaired) electrons. The summed E-state index contributed by atoms with van der Waals surface area (Å²) in [6.07, 6.45) is 6.48. The highest BCUT2D eigenvalue weighted by atomic mass is 32.2. The minimum atomic E-state index is -3.46. The van der Waals surface area contributed by atoms with Gasteiger partial charge in [0.25, 0.3) is 5.91 Å². The summed E-state index contributed by atoms with van der Waals surface area (Å²) in [5.41, 5.74) is 0.541. The Bertz CT molecular complexity index is 762. The molecule has 154 valence electrons. The second-order valence-corrected chi connectivity index (χ2v) is 9.49. The number of carbonyl (C=O) groups is 1. The van der Waals surface area contributed by atoms with E-state index in [4.69, 9.17) is 4.74 Å². The highest BCUT2D eigenvalue weighted by Gasteiger charge is 2.27. The number of benzene rings is 1. The van der Waals surface area contributed by atoms with Gasteiger partial charge in [-0.15, -0.1) is 6.58 Å². The molecule has 0 spiro atoms. The van der Waals surface area contributed by atoms with E-state index in [1.165, 1.54) is 0 Å². The lowest BCUT2D eigenvalue weighted by Crippen LogP contribution is -2.39. The summed E-state index contributed by atoms with van der Waals surface area (Å²) < 4.78 is 32.5. The molecule has 0 atom stereocenters. The van der Waals surface area contributed by atoms with Crippen LogP contribution in [0.1, 0.15) is 42.5 Å². The van der Waals surface area contributed by atoms with Crippen molar-refractivity contribution in [2.75, 3.05) is 39.4 Å². The Labute approximate surface area is 168 Å². The Morgan fingerprint density at radius 3 is 2.32 bits per heavy atom. The third-order valence-electron chi connectivity index (χ3n) is 5.55. The van der Waals surface area contributed by atoms with Crippen molar-refractivity contribution in [3.8, 4) is 0 Å². The van der Waals surface area contributed by atoms with Gasteiger partial charge in [0.15, 0.2) is 0 Å². The van der Waals surface area contributed by atoms with Gasteiger partial charge in [-0.3, -0.25) is 4.79 Å². The number of hydrogen-bond donors (Lipinski definition) is 0. The van der Waals surface area contributed by atoms with Crippen LogP contribution < -0.4 is 0 Å². The third kappa shape index (κ3) is 5.01. The fraction of sp³-hybridized carbons (Fsp3) is 0.571. The largest absolute Gasteiger partial charge is 0.377 e. The number of piperidine rings is 2. The summed E-state index contributed by atoms with van der Waals surface area (Å²) in [6, 6.07) is 6.40. The van der Waals surface area contributed by atoms with E-state index >= 15 is 0 Å². The third-order valence-corrected chi connectivity index (χ3v) is 7.46. The van der Waals surface area contributed by atoms with Gasteiger partial charge in [-0.25, -0.2) is 8.42 Å². The molecule has 3 rings (SSSR count). The van der Waals surface area contributed by atoms with Crippen molar-refractivity contribution in [2.24, 2.45) is 5.92 Å². The van der Waals surface area contributed by atoms with Gasteiger partial charge in [-0.2, -0.15) is 4.31 Å². The van der Waals surface area contributed by atoms with Crippen molar-refractivity contribution in [1.29, 1.82) is 0 Å². The van der Waals surface area contributed by atoms with Gasteiger partial charge >= 0.3 is 0 Å². The monoisotopic (exact) mass is 406 g/mol. The van der Waals surface area contributed by atoms with Crippen LogP contribution in [0.3, 0.4) is 0 Å². The van der Waals surface area contributed by atoms with E-state index in [-0.39, 0.29) is 10.8 Å². The van der Waals surface area contributed by atoms with Crippen molar-refractivity contribution in [2.45, 2.75) is 37.0 Å². The Hall–Kier alpha value is -1.70. The van der Waals surface area contributed by atoms with Crippen LogP contribution in [0.15, 0.2) is 41.8 Å². The molecule has 2 aliphatic rings. The molecule has 1 aromatic carbocycles. The lowest BCUT2D eigenvalue weighted by Gasteiger charge is -2.32. The number of likely N-dealkylation sites (tertiary alicyclic amines) is 1. The molecule has 2 heterocycles. The van der Waals surface area contributed by atoms with Gasteiger partial charge in [0.05, 0.1) is 11.5 Å². The maximum absolute atomic E-state index is 12.8. The summed E-state index contributed by atoms with van der Waals surface area (Å²) in [7, 11) is -3.46.